The molecule has 0 saturated heterocycles. The minimum Gasteiger partial charge on any atom is -0.495 e. The molecule has 0 fully saturated rings. The standard InChI is InChI=1S/C19H19N5O3/c1-11-8-9-15(27-11)17-16(12(2)22-19-20-10-21-24(17)19)18(25)23-13-6-4-5-7-14(13)26-3/h4-10,16-17H,2H2,1,3H3,(H,23,25)(H,20,21,22)/t16-,17+/m0/s1. The Morgan fingerprint density at radius 1 is 1.33 bits per heavy atom. The Labute approximate surface area is 155 Å². The quantitative estimate of drug-likeness (QED) is 0.738. The van der Waals surface area contributed by atoms with Crippen LogP contribution in [0, 0.1) is 12.8 Å². The molecule has 1 aliphatic heterocycles. The molecule has 0 bridgehead atoms. The van der Waals surface area contributed by atoms with E-state index in [1.54, 1.807) is 23.9 Å². The number of para-hydroxylation sites is 2. The van der Waals surface area contributed by atoms with Crippen LogP contribution in [0.3, 0.4) is 0 Å². The lowest BCUT2D eigenvalue weighted by Gasteiger charge is -2.32. The average molecular weight is 365 g/mol. The summed E-state index contributed by atoms with van der Waals surface area (Å²) < 4.78 is 12.8. The van der Waals surface area contributed by atoms with Crippen molar-refractivity contribution in [3.8, 4) is 5.75 Å². The number of anilines is 2. The smallest absolute Gasteiger partial charge is 0.236 e. The second-order valence-corrected chi connectivity index (χ2v) is 6.24. The Morgan fingerprint density at radius 2 is 2.15 bits per heavy atom. The zero-order valence-electron chi connectivity index (χ0n) is 15.0. The minimum absolute atomic E-state index is 0.253. The Hall–Kier alpha value is -3.55. The number of nitrogens with one attached hydrogen (secondary N) is 2. The van der Waals surface area contributed by atoms with E-state index in [2.05, 4.69) is 27.3 Å². The summed E-state index contributed by atoms with van der Waals surface area (Å²) in [6, 6.07) is 10.4. The van der Waals surface area contributed by atoms with Gasteiger partial charge in [-0.2, -0.15) is 10.1 Å². The maximum absolute atomic E-state index is 13.2. The molecule has 27 heavy (non-hydrogen) atoms. The molecule has 3 aromatic rings. The number of ether oxygens (including phenoxy) is 1. The van der Waals surface area contributed by atoms with Crippen molar-refractivity contribution in [1.82, 2.24) is 14.8 Å². The van der Waals surface area contributed by atoms with E-state index < -0.39 is 12.0 Å². The predicted molar refractivity (Wildman–Crippen MR) is 99.5 cm³/mol. The molecule has 4 rings (SSSR count). The van der Waals surface area contributed by atoms with Crippen LogP contribution in [-0.4, -0.2) is 27.8 Å². The topological polar surface area (TPSA) is 94.2 Å². The van der Waals surface area contributed by atoms with E-state index in [9.17, 15) is 4.79 Å². The molecular formula is C19H19N5O3. The molecule has 0 radical (unpaired) electrons. The fourth-order valence-electron chi connectivity index (χ4n) is 3.25. The first-order valence-corrected chi connectivity index (χ1v) is 8.44. The van der Waals surface area contributed by atoms with Crippen molar-refractivity contribution in [2.75, 3.05) is 17.7 Å². The third kappa shape index (κ3) is 2.95. The first-order valence-electron chi connectivity index (χ1n) is 8.44. The van der Waals surface area contributed by atoms with Crippen LogP contribution >= 0.6 is 0 Å². The van der Waals surface area contributed by atoms with E-state index in [0.29, 0.717) is 28.8 Å². The van der Waals surface area contributed by atoms with Gasteiger partial charge in [0.1, 0.15) is 35.6 Å². The fraction of sp³-hybridized carbons (Fsp3) is 0.211. The highest BCUT2D eigenvalue weighted by Gasteiger charge is 2.41. The molecular weight excluding hydrogens is 346 g/mol. The molecule has 0 saturated carbocycles. The molecule has 1 amide bonds. The average Bonchev–Trinajstić information content (AvgIpc) is 3.29. The van der Waals surface area contributed by atoms with Gasteiger partial charge in [-0.05, 0) is 31.2 Å². The Morgan fingerprint density at radius 3 is 2.89 bits per heavy atom. The molecule has 0 unspecified atom stereocenters. The van der Waals surface area contributed by atoms with Gasteiger partial charge in [0, 0.05) is 5.70 Å². The summed E-state index contributed by atoms with van der Waals surface area (Å²) in [6.07, 6.45) is 1.43. The van der Waals surface area contributed by atoms with E-state index in [-0.39, 0.29) is 5.91 Å². The van der Waals surface area contributed by atoms with Crippen LogP contribution in [-0.2, 0) is 4.79 Å². The second kappa shape index (κ2) is 6.64. The van der Waals surface area contributed by atoms with Gasteiger partial charge in [0.15, 0.2) is 0 Å². The number of hydrogen-bond donors (Lipinski definition) is 2. The second-order valence-electron chi connectivity index (χ2n) is 6.24. The zero-order valence-corrected chi connectivity index (χ0v) is 15.0. The number of benzene rings is 1. The van der Waals surface area contributed by atoms with E-state index in [4.69, 9.17) is 9.15 Å². The predicted octanol–water partition coefficient (Wildman–Crippen LogP) is 2.97. The molecule has 1 aliphatic rings. The summed E-state index contributed by atoms with van der Waals surface area (Å²) >= 11 is 0. The largest absolute Gasteiger partial charge is 0.495 e. The maximum Gasteiger partial charge on any atom is 0.236 e. The van der Waals surface area contributed by atoms with Crippen molar-refractivity contribution >= 4 is 17.5 Å². The Bertz CT molecular complexity index is 1010. The molecule has 3 heterocycles. The van der Waals surface area contributed by atoms with Gasteiger partial charge >= 0.3 is 0 Å². The van der Waals surface area contributed by atoms with Crippen LogP contribution in [0.25, 0.3) is 0 Å². The van der Waals surface area contributed by atoms with Gasteiger partial charge in [-0.25, -0.2) is 4.68 Å². The number of amides is 1. The van der Waals surface area contributed by atoms with Crippen LogP contribution in [0.4, 0.5) is 11.6 Å². The number of fused-ring (bicyclic) bond motifs is 1. The van der Waals surface area contributed by atoms with Crippen LogP contribution in [0.2, 0.25) is 0 Å². The maximum atomic E-state index is 13.2. The molecule has 8 heteroatoms. The monoisotopic (exact) mass is 365 g/mol. The molecule has 138 valence electrons. The first-order chi connectivity index (χ1) is 13.1. The molecule has 8 nitrogen and oxygen atoms in total. The number of furan rings is 1. The summed E-state index contributed by atoms with van der Waals surface area (Å²) in [6.45, 7) is 5.89. The number of aromatic nitrogens is 3. The van der Waals surface area contributed by atoms with E-state index in [1.807, 2.05) is 31.2 Å². The van der Waals surface area contributed by atoms with Crippen molar-refractivity contribution in [3.05, 3.63) is 66.5 Å². The molecule has 0 spiro atoms. The Balaban J connectivity index is 1.73. The summed E-state index contributed by atoms with van der Waals surface area (Å²) in [5.41, 5.74) is 1.10. The summed E-state index contributed by atoms with van der Waals surface area (Å²) in [5.74, 6) is 1.54. The van der Waals surface area contributed by atoms with Crippen LogP contribution in [0.1, 0.15) is 17.6 Å². The van der Waals surface area contributed by atoms with Gasteiger partial charge in [-0.1, -0.05) is 18.7 Å². The Kier molecular flexibility index (Phi) is 4.15. The number of methoxy groups -OCH3 is 1. The third-order valence-electron chi connectivity index (χ3n) is 4.50. The lowest BCUT2D eigenvalue weighted by Crippen LogP contribution is -2.39. The van der Waals surface area contributed by atoms with Gasteiger partial charge in [0.05, 0.1) is 12.8 Å². The van der Waals surface area contributed by atoms with Crippen LogP contribution in [0.15, 0.2) is 59.4 Å². The van der Waals surface area contributed by atoms with Gasteiger partial charge in [-0.3, -0.25) is 4.79 Å². The van der Waals surface area contributed by atoms with E-state index in [0.717, 1.165) is 5.76 Å². The zero-order chi connectivity index (χ0) is 19.0. The van der Waals surface area contributed by atoms with Gasteiger partial charge in [0.2, 0.25) is 11.9 Å². The van der Waals surface area contributed by atoms with E-state index >= 15 is 0 Å². The first kappa shape index (κ1) is 16.9. The number of aryl methyl sites for hydroxylation is 1. The molecule has 2 N–H and O–H groups in total. The number of nitrogens with zero attached hydrogens (tertiary/aromatic N) is 3. The minimum atomic E-state index is -0.658. The van der Waals surface area contributed by atoms with Gasteiger partial charge < -0.3 is 19.8 Å². The lowest BCUT2D eigenvalue weighted by atomic mass is 9.92. The van der Waals surface area contributed by atoms with Crippen molar-refractivity contribution in [2.45, 2.75) is 13.0 Å². The molecule has 2 aromatic heterocycles. The van der Waals surface area contributed by atoms with E-state index in [1.165, 1.54) is 6.33 Å². The number of carbonyl (C=O) groups is 1. The number of hydrogen-bond acceptors (Lipinski definition) is 6. The van der Waals surface area contributed by atoms with Crippen molar-refractivity contribution < 1.29 is 13.9 Å². The highest BCUT2D eigenvalue weighted by atomic mass is 16.5. The van der Waals surface area contributed by atoms with Gasteiger partial charge in [-0.15, -0.1) is 0 Å². The molecule has 2 atom stereocenters. The summed E-state index contributed by atoms with van der Waals surface area (Å²) in [5, 5.41) is 10.2. The molecule has 0 aliphatic carbocycles. The van der Waals surface area contributed by atoms with Crippen molar-refractivity contribution in [1.29, 1.82) is 0 Å². The summed E-state index contributed by atoms with van der Waals surface area (Å²) in [4.78, 5) is 17.4. The summed E-state index contributed by atoms with van der Waals surface area (Å²) in [7, 11) is 1.56. The highest BCUT2D eigenvalue weighted by Crippen LogP contribution is 2.38. The molecule has 1 aromatic carbocycles. The van der Waals surface area contributed by atoms with Crippen LogP contribution < -0.4 is 15.4 Å². The number of carbonyl (C=O) groups excluding carboxylic acids is 1. The van der Waals surface area contributed by atoms with Gasteiger partial charge in [0.25, 0.3) is 0 Å². The number of rotatable bonds is 4. The normalized spacial score (nSPS) is 18.5. The fourth-order valence-corrected chi connectivity index (χ4v) is 3.25. The van der Waals surface area contributed by atoms with Crippen LogP contribution in [0.5, 0.6) is 5.75 Å². The van der Waals surface area contributed by atoms with Crippen molar-refractivity contribution in [2.24, 2.45) is 5.92 Å². The third-order valence-corrected chi connectivity index (χ3v) is 4.50. The highest BCUT2D eigenvalue weighted by molar-refractivity contribution is 5.96. The lowest BCUT2D eigenvalue weighted by molar-refractivity contribution is -0.120. The SMILES string of the molecule is C=C1Nc2ncnn2[C@H](c2ccc(C)o2)[C@H]1C(=O)Nc1ccccc1OC. The van der Waals surface area contributed by atoms with Crippen molar-refractivity contribution in [3.63, 3.8) is 0 Å².